The number of carbonyl (C=O) groups is 1. The van der Waals surface area contributed by atoms with Crippen LogP contribution in [0.15, 0.2) is 12.3 Å². The molecule has 1 atom stereocenters. The van der Waals surface area contributed by atoms with Crippen molar-refractivity contribution in [3.8, 4) is 0 Å². The van der Waals surface area contributed by atoms with Crippen LogP contribution < -0.4 is 5.32 Å². The van der Waals surface area contributed by atoms with Crippen LogP contribution in [-0.2, 0) is 6.54 Å². The Balaban J connectivity index is 1.79. The monoisotopic (exact) mass is 294 g/mol. The minimum absolute atomic E-state index is 0.0708. The zero-order valence-electron chi connectivity index (χ0n) is 12.8. The van der Waals surface area contributed by atoms with Gasteiger partial charge in [-0.15, -0.1) is 0 Å². The third-order valence-electron chi connectivity index (χ3n) is 4.03. The number of likely N-dealkylation sites (tertiary alicyclic amines) is 1. The minimum atomic E-state index is -0.0708. The standard InChI is InChI=1S/C15H26N4O2/c1-2-9-19-14(6-7-17-19)15(21)16-8-11-18-10-4-3-5-13(18)12-20/h6-7,13,20H,2-5,8-12H2,1H3,(H,16,21)/t13-/m0/s1. The van der Waals surface area contributed by atoms with Crippen LogP contribution >= 0.6 is 0 Å². The van der Waals surface area contributed by atoms with Gasteiger partial charge in [0.1, 0.15) is 5.69 Å². The number of aliphatic hydroxyl groups is 1. The quantitative estimate of drug-likeness (QED) is 0.783. The maximum absolute atomic E-state index is 12.2. The lowest BCUT2D eigenvalue weighted by Crippen LogP contribution is -2.45. The average Bonchev–Trinajstić information content (AvgIpc) is 2.96. The molecule has 0 bridgehead atoms. The van der Waals surface area contributed by atoms with E-state index in [0.717, 1.165) is 32.5 Å². The Hall–Kier alpha value is -1.40. The van der Waals surface area contributed by atoms with Crippen LogP contribution in [0.2, 0.25) is 0 Å². The molecule has 2 N–H and O–H groups in total. The Kier molecular flexibility index (Phi) is 6.20. The molecule has 0 radical (unpaired) electrons. The van der Waals surface area contributed by atoms with E-state index in [1.807, 2.05) is 0 Å². The zero-order chi connectivity index (χ0) is 15.1. The number of amides is 1. The molecule has 1 amide bonds. The summed E-state index contributed by atoms with van der Waals surface area (Å²) in [4.78, 5) is 14.4. The zero-order valence-corrected chi connectivity index (χ0v) is 12.8. The fourth-order valence-electron chi connectivity index (χ4n) is 2.88. The second kappa shape index (κ2) is 8.14. The van der Waals surface area contributed by atoms with Crippen molar-refractivity contribution in [3.63, 3.8) is 0 Å². The molecular weight excluding hydrogens is 268 g/mol. The van der Waals surface area contributed by atoms with E-state index >= 15 is 0 Å². The Morgan fingerprint density at radius 1 is 1.48 bits per heavy atom. The number of aromatic nitrogens is 2. The second-order valence-electron chi connectivity index (χ2n) is 5.56. The number of aryl methyl sites for hydroxylation is 1. The first-order valence-corrected chi connectivity index (χ1v) is 7.91. The Morgan fingerprint density at radius 2 is 2.33 bits per heavy atom. The van der Waals surface area contributed by atoms with Crippen LogP contribution in [0.1, 0.15) is 43.1 Å². The van der Waals surface area contributed by atoms with Crippen molar-refractivity contribution in [1.82, 2.24) is 20.0 Å². The maximum Gasteiger partial charge on any atom is 0.269 e. The number of nitrogens with one attached hydrogen (secondary N) is 1. The van der Waals surface area contributed by atoms with Crippen molar-refractivity contribution in [2.45, 2.75) is 45.2 Å². The van der Waals surface area contributed by atoms with Gasteiger partial charge in [-0.1, -0.05) is 13.3 Å². The molecule has 1 saturated heterocycles. The lowest BCUT2D eigenvalue weighted by Gasteiger charge is -2.34. The van der Waals surface area contributed by atoms with Crippen LogP contribution in [0, 0.1) is 0 Å². The van der Waals surface area contributed by atoms with E-state index in [-0.39, 0.29) is 18.6 Å². The highest BCUT2D eigenvalue weighted by Gasteiger charge is 2.21. The summed E-state index contributed by atoms with van der Waals surface area (Å²) in [6.45, 7) is 5.43. The minimum Gasteiger partial charge on any atom is -0.395 e. The van der Waals surface area contributed by atoms with Gasteiger partial charge in [0.15, 0.2) is 0 Å². The molecule has 1 aromatic heterocycles. The SMILES string of the molecule is CCCn1nccc1C(=O)NCCN1CCCC[C@H]1CO. The van der Waals surface area contributed by atoms with E-state index in [9.17, 15) is 9.90 Å². The summed E-state index contributed by atoms with van der Waals surface area (Å²) in [7, 11) is 0. The molecule has 118 valence electrons. The van der Waals surface area contributed by atoms with Crippen LogP contribution in [0.25, 0.3) is 0 Å². The molecule has 21 heavy (non-hydrogen) atoms. The van der Waals surface area contributed by atoms with Crippen molar-refractivity contribution in [2.24, 2.45) is 0 Å². The van der Waals surface area contributed by atoms with Gasteiger partial charge in [-0.2, -0.15) is 5.10 Å². The third kappa shape index (κ3) is 4.28. The number of hydrogen-bond donors (Lipinski definition) is 2. The smallest absolute Gasteiger partial charge is 0.269 e. The first-order valence-electron chi connectivity index (χ1n) is 7.91. The van der Waals surface area contributed by atoms with Crippen molar-refractivity contribution >= 4 is 5.91 Å². The fraction of sp³-hybridized carbons (Fsp3) is 0.733. The normalized spacial score (nSPS) is 19.6. The van der Waals surface area contributed by atoms with Crippen LogP contribution in [-0.4, -0.2) is 58.0 Å². The summed E-state index contributed by atoms with van der Waals surface area (Å²) in [6.07, 6.45) is 6.02. The maximum atomic E-state index is 12.2. The number of aliphatic hydroxyl groups excluding tert-OH is 1. The van der Waals surface area contributed by atoms with Gasteiger partial charge in [0.05, 0.1) is 6.61 Å². The lowest BCUT2D eigenvalue weighted by molar-refractivity contribution is 0.0844. The lowest BCUT2D eigenvalue weighted by atomic mass is 10.0. The number of nitrogens with zero attached hydrogens (tertiary/aromatic N) is 3. The molecule has 0 spiro atoms. The first kappa shape index (κ1) is 16.0. The molecule has 0 unspecified atom stereocenters. The highest BCUT2D eigenvalue weighted by Crippen LogP contribution is 2.15. The summed E-state index contributed by atoms with van der Waals surface area (Å²) >= 11 is 0. The average molecular weight is 294 g/mol. The predicted molar refractivity (Wildman–Crippen MR) is 81.1 cm³/mol. The van der Waals surface area contributed by atoms with Gasteiger partial charge < -0.3 is 10.4 Å². The molecule has 0 aromatic carbocycles. The molecule has 0 aliphatic carbocycles. The van der Waals surface area contributed by atoms with E-state index in [2.05, 4.69) is 22.2 Å². The number of rotatable bonds is 7. The summed E-state index contributed by atoms with van der Waals surface area (Å²) in [5.41, 5.74) is 0.620. The highest BCUT2D eigenvalue weighted by atomic mass is 16.3. The summed E-state index contributed by atoms with van der Waals surface area (Å²) < 4.78 is 1.74. The van der Waals surface area contributed by atoms with Gasteiger partial charge >= 0.3 is 0 Å². The summed E-state index contributed by atoms with van der Waals surface area (Å²) in [6, 6.07) is 2.00. The van der Waals surface area contributed by atoms with Crippen LogP contribution in [0.5, 0.6) is 0 Å². The largest absolute Gasteiger partial charge is 0.395 e. The topological polar surface area (TPSA) is 70.4 Å². The molecule has 0 saturated carbocycles. The number of hydrogen-bond acceptors (Lipinski definition) is 4. The highest BCUT2D eigenvalue weighted by molar-refractivity contribution is 5.92. The van der Waals surface area contributed by atoms with Gasteiger partial charge in [0, 0.05) is 31.9 Å². The van der Waals surface area contributed by atoms with Crippen LogP contribution in [0.4, 0.5) is 0 Å². The molecule has 1 aromatic rings. The van der Waals surface area contributed by atoms with Gasteiger partial charge in [0.25, 0.3) is 5.91 Å². The molecule has 6 nitrogen and oxygen atoms in total. The van der Waals surface area contributed by atoms with Crippen molar-refractivity contribution < 1.29 is 9.90 Å². The van der Waals surface area contributed by atoms with Crippen LogP contribution in [0.3, 0.4) is 0 Å². The van der Waals surface area contributed by atoms with E-state index in [0.29, 0.717) is 12.2 Å². The van der Waals surface area contributed by atoms with Gasteiger partial charge in [-0.05, 0) is 31.9 Å². The molecular formula is C15H26N4O2. The number of carbonyl (C=O) groups excluding carboxylic acids is 1. The molecule has 1 aliphatic rings. The van der Waals surface area contributed by atoms with E-state index < -0.39 is 0 Å². The Bertz CT molecular complexity index is 447. The fourth-order valence-corrected chi connectivity index (χ4v) is 2.88. The van der Waals surface area contributed by atoms with Gasteiger partial charge in [0.2, 0.25) is 0 Å². The van der Waals surface area contributed by atoms with Gasteiger partial charge in [-0.25, -0.2) is 0 Å². The molecule has 1 fully saturated rings. The van der Waals surface area contributed by atoms with Crippen molar-refractivity contribution in [1.29, 1.82) is 0 Å². The molecule has 2 rings (SSSR count). The molecule has 2 heterocycles. The van der Waals surface area contributed by atoms with Crippen molar-refractivity contribution in [3.05, 3.63) is 18.0 Å². The summed E-state index contributed by atoms with van der Waals surface area (Å²) in [5.74, 6) is -0.0708. The second-order valence-corrected chi connectivity index (χ2v) is 5.56. The Labute approximate surface area is 126 Å². The third-order valence-corrected chi connectivity index (χ3v) is 4.03. The van der Waals surface area contributed by atoms with Gasteiger partial charge in [-0.3, -0.25) is 14.4 Å². The van der Waals surface area contributed by atoms with E-state index in [1.54, 1.807) is 16.9 Å². The molecule has 1 aliphatic heterocycles. The van der Waals surface area contributed by atoms with E-state index in [1.165, 1.54) is 12.8 Å². The van der Waals surface area contributed by atoms with E-state index in [4.69, 9.17) is 0 Å². The predicted octanol–water partition coefficient (Wildman–Crippen LogP) is 0.870. The van der Waals surface area contributed by atoms with Crippen molar-refractivity contribution in [2.75, 3.05) is 26.2 Å². The molecule has 6 heteroatoms. The summed E-state index contributed by atoms with van der Waals surface area (Å²) in [5, 5.41) is 16.5. The first-order chi connectivity index (χ1) is 10.3. The number of piperidine rings is 1. The Morgan fingerprint density at radius 3 is 3.10 bits per heavy atom.